The van der Waals surface area contributed by atoms with Crippen LogP contribution in [-0.2, 0) is 4.79 Å². The van der Waals surface area contributed by atoms with Gasteiger partial charge in [0.25, 0.3) is 0 Å². The van der Waals surface area contributed by atoms with Gasteiger partial charge in [0.2, 0.25) is 0 Å². The molecule has 0 saturated heterocycles. The van der Waals surface area contributed by atoms with Crippen LogP contribution < -0.4 is 5.32 Å². The van der Waals surface area contributed by atoms with E-state index >= 15 is 0 Å². The van der Waals surface area contributed by atoms with Gasteiger partial charge in [-0.1, -0.05) is 52.9 Å². The van der Waals surface area contributed by atoms with Crippen LogP contribution in [0.1, 0.15) is 78.6 Å². The standard InChI is InChI=1S/C18H33NO2/c1-13(2)16-11-10-14(3)12-18(16,17(20)21)19-15-8-6-4-5-7-9-15/h13-16,19H,4-12H2,1-3H3,(H,20,21). The average molecular weight is 295 g/mol. The Balaban J connectivity index is 2.21. The summed E-state index contributed by atoms with van der Waals surface area (Å²) in [5.74, 6) is 0.577. The van der Waals surface area contributed by atoms with Crippen LogP contribution >= 0.6 is 0 Å². The van der Waals surface area contributed by atoms with Gasteiger partial charge < -0.3 is 5.11 Å². The van der Waals surface area contributed by atoms with Gasteiger partial charge in [-0.15, -0.1) is 0 Å². The lowest BCUT2D eigenvalue weighted by atomic mass is 9.64. The van der Waals surface area contributed by atoms with Crippen molar-refractivity contribution in [1.82, 2.24) is 5.32 Å². The normalized spacial score (nSPS) is 35.6. The molecule has 3 atom stereocenters. The predicted molar refractivity (Wildman–Crippen MR) is 86.3 cm³/mol. The van der Waals surface area contributed by atoms with Crippen LogP contribution in [0.25, 0.3) is 0 Å². The van der Waals surface area contributed by atoms with Crippen molar-refractivity contribution >= 4 is 5.97 Å². The highest BCUT2D eigenvalue weighted by atomic mass is 16.4. The molecule has 3 unspecified atom stereocenters. The van der Waals surface area contributed by atoms with Crippen LogP contribution in [0.4, 0.5) is 0 Å². The molecular formula is C18H33NO2. The Morgan fingerprint density at radius 3 is 2.24 bits per heavy atom. The lowest BCUT2D eigenvalue weighted by molar-refractivity contribution is -0.152. The highest BCUT2D eigenvalue weighted by Gasteiger charge is 2.50. The first-order valence-electron chi connectivity index (χ1n) is 8.97. The molecule has 0 aromatic carbocycles. The van der Waals surface area contributed by atoms with Crippen molar-refractivity contribution in [2.75, 3.05) is 0 Å². The maximum atomic E-state index is 12.2. The van der Waals surface area contributed by atoms with E-state index < -0.39 is 11.5 Å². The highest BCUT2D eigenvalue weighted by molar-refractivity contribution is 5.79. The summed E-state index contributed by atoms with van der Waals surface area (Å²) in [5.41, 5.74) is -0.694. The van der Waals surface area contributed by atoms with E-state index in [0.29, 0.717) is 17.9 Å². The van der Waals surface area contributed by atoms with Gasteiger partial charge in [-0.05, 0) is 43.4 Å². The zero-order chi connectivity index (χ0) is 15.5. The van der Waals surface area contributed by atoms with E-state index in [1.165, 1.54) is 32.1 Å². The molecule has 0 bridgehead atoms. The quantitative estimate of drug-likeness (QED) is 0.764. The van der Waals surface area contributed by atoms with Crippen molar-refractivity contribution in [3.05, 3.63) is 0 Å². The third-order valence-corrected chi connectivity index (χ3v) is 5.78. The predicted octanol–water partition coefficient (Wildman–Crippen LogP) is 4.21. The minimum atomic E-state index is -0.694. The summed E-state index contributed by atoms with van der Waals surface area (Å²) in [5, 5.41) is 13.7. The van der Waals surface area contributed by atoms with Crippen LogP contribution in [0, 0.1) is 17.8 Å². The third-order valence-electron chi connectivity index (χ3n) is 5.78. The van der Waals surface area contributed by atoms with Crippen LogP contribution in [0.3, 0.4) is 0 Å². The Labute approximate surface area is 129 Å². The molecule has 2 fully saturated rings. The highest BCUT2D eigenvalue weighted by Crippen LogP contribution is 2.42. The maximum absolute atomic E-state index is 12.2. The van der Waals surface area contributed by atoms with Gasteiger partial charge in [-0.3, -0.25) is 10.1 Å². The first-order valence-corrected chi connectivity index (χ1v) is 8.97. The number of rotatable bonds is 4. The Morgan fingerprint density at radius 2 is 1.71 bits per heavy atom. The molecule has 0 aromatic heterocycles. The first-order chi connectivity index (χ1) is 9.95. The van der Waals surface area contributed by atoms with Gasteiger partial charge in [0.05, 0.1) is 0 Å². The van der Waals surface area contributed by atoms with Crippen LogP contribution in [-0.4, -0.2) is 22.7 Å². The summed E-state index contributed by atoms with van der Waals surface area (Å²) < 4.78 is 0. The zero-order valence-electron chi connectivity index (χ0n) is 14.0. The topological polar surface area (TPSA) is 49.3 Å². The van der Waals surface area contributed by atoms with E-state index in [9.17, 15) is 9.90 Å². The number of carboxylic acid groups (broad SMARTS) is 1. The van der Waals surface area contributed by atoms with Crippen molar-refractivity contribution in [2.24, 2.45) is 17.8 Å². The number of carboxylic acids is 1. The van der Waals surface area contributed by atoms with Gasteiger partial charge in [0.15, 0.2) is 0 Å². The summed E-state index contributed by atoms with van der Waals surface area (Å²) in [6, 6.07) is 0.398. The number of nitrogens with one attached hydrogen (secondary N) is 1. The van der Waals surface area contributed by atoms with E-state index in [1.54, 1.807) is 0 Å². The van der Waals surface area contributed by atoms with Gasteiger partial charge in [-0.25, -0.2) is 0 Å². The summed E-state index contributed by atoms with van der Waals surface area (Å²) in [4.78, 5) is 12.2. The molecule has 0 radical (unpaired) electrons. The largest absolute Gasteiger partial charge is 0.480 e. The minimum absolute atomic E-state index is 0.259. The van der Waals surface area contributed by atoms with Gasteiger partial charge in [-0.2, -0.15) is 0 Å². The van der Waals surface area contributed by atoms with Crippen molar-refractivity contribution < 1.29 is 9.90 Å². The van der Waals surface area contributed by atoms with Crippen molar-refractivity contribution in [3.63, 3.8) is 0 Å². The molecule has 122 valence electrons. The van der Waals surface area contributed by atoms with Crippen LogP contribution in [0.2, 0.25) is 0 Å². The second-order valence-corrected chi connectivity index (χ2v) is 7.85. The molecule has 21 heavy (non-hydrogen) atoms. The number of hydrogen-bond donors (Lipinski definition) is 2. The molecule has 2 aliphatic carbocycles. The summed E-state index contributed by atoms with van der Waals surface area (Å²) in [6.45, 7) is 6.59. The molecule has 2 saturated carbocycles. The Morgan fingerprint density at radius 1 is 1.10 bits per heavy atom. The summed E-state index contributed by atoms with van der Waals surface area (Å²) >= 11 is 0. The molecule has 0 aliphatic heterocycles. The van der Waals surface area contributed by atoms with Crippen molar-refractivity contribution in [1.29, 1.82) is 0 Å². The third kappa shape index (κ3) is 3.80. The monoisotopic (exact) mass is 295 g/mol. The Hall–Kier alpha value is -0.570. The van der Waals surface area contributed by atoms with Gasteiger partial charge in [0.1, 0.15) is 5.54 Å². The molecule has 0 heterocycles. The lowest BCUT2D eigenvalue weighted by Crippen LogP contribution is -2.63. The number of carbonyl (C=O) groups is 1. The Bertz CT molecular complexity index is 347. The van der Waals surface area contributed by atoms with Crippen LogP contribution in [0.15, 0.2) is 0 Å². The van der Waals surface area contributed by atoms with E-state index in [1.807, 2.05) is 0 Å². The SMILES string of the molecule is CC1CCC(C(C)C)C(NC2CCCCCC2)(C(=O)O)C1. The molecular weight excluding hydrogens is 262 g/mol. The van der Waals surface area contributed by atoms with Crippen LogP contribution in [0.5, 0.6) is 0 Å². The van der Waals surface area contributed by atoms with Crippen molar-refractivity contribution in [3.8, 4) is 0 Å². The van der Waals surface area contributed by atoms with E-state index in [4.69, 9.17) is 0 Å². The van der Waals surface area contributed by atoms with Crippen molar-refractivity contribution in [2.45, 2.75) is 90.1 Å². The molecule has 2 N–H and O–H groups in total. The summed E-state index contributed by atoms with van der Waals surface area (Å²) in [6.07, 6.45) is 10.4. The van der Waals surface area contributed by atoms with Gasteiger partial charge in [0, 0.05) is 6.04 Å². The second-order valence-electron chi connectivity index (χ2n) is 7.85. The smallest absolute Gasteiger partial charge is 0.324 e. The fraction of sp³-hybridized carbons (Fsp3) is 0.944. The van der Waals surface area contributed by atoms with E-state index in [-0.39, 0.29) is 5.92 Å². The van der Waals surface area contributed by atoms with Gasteiger partial charge >= 0.3 is 5.97 Å². The zero-order valence-corrected chi connectivity index (χ0v) is 14.0. The van der Waals surface area contributed by atoms with E-state index in [2.05, 4.69) is 26.1 Å². The minimum Gasteiger partial charge on any atom is -0.480 e. The second kappa shape index (κ2) is 7.13. The maximum Gasteiger partial charge on any atom is 0.324 e. The average Bonchev–Trinajstić information content (AvgIpc) is 2.66. The fourth-order valence-corrected chi connectivity index (χ4v) is 4.68. The number of hydrogen-bond acceptors (Lipinski definition) is 2. The molecule has 0 aromatic rings. The molecule has 0 spiro atoms. The fourth-order valence-electron chi connectivity index (χ4n) is 4.68. The number of aliphatic carboxylic acids is 1. The molecule has 0 amide bonds. The molecule has 3 heteroatoms. The summed E-state index contributed by atoms with van der Waals surface area (Å²) in [7, 11) is 0. The molecule has 2 aliphatic rings. The first kappa shape index (κ1) is 16.8. The molecule has 3 nitrogen and oxygen atoms in total. The molecule has 2 rings (SSSR count). The lowest BCUT2D eigenvalue weighted by Gasteiger charge is -2.47. The van der Waals surface area contributed by atoms with E-state index in [0.717, 1.165) is 25.7 Å². The Kier molecular flexibility index (Phi) is 5.70.